The van der Waals surface area contributed by atoms with Crippen LogP contribution < -0.4 is 10.2 Å². The number of nitrogens with zero attached hydrogens (tertiary/aromatic N) is 1. The molecule has 0 aromatic heterocycles. The lowest BCUT2D eigenvalue weighted by Crippen LogP contribution is -2.29. The highest BCUT2D eigenvalue weighted by Crippen LogP contribution is 2.32. The molecule has 1 saturated heterocycles. The molecule has 25 heavy (non-hydrogen) atoms. The van der Waals surface area contributed by atoms with E-state index in [0.717, 1.165) is 22.4 Å². The Balaban J connectivity index is 1.87. The number of rotatable bonds is 5. The molecule has 0 bridgehead atoms. The van der Waals surface area contributed by atoms with Gasteiger partial charge < -0.3 is 10.4 Å². The summed E-state index contributed by atoms with van der Waals surface area (Å²) in [5.74, 6) is -0.289. The molecule has 0 saturated carbocycles. The standard InChI is InChI=1S/C20H22N2O3/c1-13-17(21-14(2)16-6-3-5-15(11-16)12-23)7-4-8-18(13)22-19(24)9-10-20(22)25/h3-8,11,14,21,23H,9-10,12H2,1-2H3. The Bertz CT molecular complexity index is 800. The summed E-state index contributed by atoms with van der Waals surface area (Å²) in [5, 5.41) is 12.7. The fourth-order valence-corrected chi connectivity index (χ4v) is 3.14. The molecule has 5 nitrogen and oxygen atoms in total. The van der Waals surface area contributed by atoms with Gasteiger partial charge in [0.2, 0.25) is 11.8 Å². The van der Waals surface area contributed by atoms with E-state index in [1.165, 1.54) is 4.90 Å². The van der Waals surface area contributed by atoms with E-state index in [4.69, 9.17) is 0 Å². The molecular formula is C20H22N2O3. The van der Waals surface area contributed by atoms with E-state index in [1.54, 1.807) is 6.07 Å². The Morgan fingerprint density at radius 3 is 2.48 bits per heavy atom. The molecule has 1 atom stereocenters. The van der Waals surface area contributed by atoms with Crippen LogP contribution in [0, 0.1) is 6.92 Å². The number of benzene rings is 2. The Morgan fingerprint density at radius 2 is 1.80 bits per heavy atom. The molecule has 1 aliphatic heterocycles. The highest BCUT2D eigenvalue weighted by atomic mass is 16.3. The molecule has 2 aromatic rings. The average molecular weight is 338 g/mol. The normalized spacial score (nSPS) is 15.6. The van der Waals surface area contributed by atoms with Gasteiger partial charge in [-0.3, -0.25) is 14.5 Å². The SMILES string of the molecule is Cc1c(NC(C)c2cccc(CO)c2)cccc1N1C(=O)CCC1=O. The van der Waals surface area contributed by atoms with E-state index >= 15 is 0 Å². The van der Waals surface area contributed by atoms with Crippen molar-refractivity contribution in [1.29, 1.82) is 0 Å². The van der Waals surface area contributed by atoms with Crippen LogP contribution >= 0.6 is 0 Å². The number of hydrogen-bond donors (Lipinski definition) is 2. The molecule has 1 unspecified atom stereocenters. The highest BCUT2D eigenvalue weighted by molar-refractivity contribution is 6.20. The first-order valence-corrected chi connectivity index (χ1v) is 8.43. The number of carbonyl (C=O) groups is 2. The largest absolute Gasteiger partial charge is 0.392 e. The van der Waals surface area contributed by atoms with Crippen molar-refractivity contribution in [2.24, 2.45) is 0 Å². The molecule has 0 spiro atoms. The van der Waals surface area contributed by atoms with Crippen LogP contribution in [0.1, 0.15) is 42.5 Å². The number of anilines is 2. The lowest BCUT2D eigenvalue weighted by atomic mass is 10.0. The van der Waals surface area contributed by atoms with Crippen molar-refractivity contribution in [3.05, 3.63) is 59.2 Å². The molecule has 0 aliphatic carbocycles. The van der Waals surface area contributed by atoms with Crippen LogP contribution in [0.15, 0.2) is 42.5 Å². The number of carbonyl (C=O) groups excluding carboxylic acids is 2. The summed E-state index contributed by atoms with van der Waals surface area (Å²) in [6.07, 6.45) is 0.556. The van der Waals surface area contributed by atoms with Crippen molar-refractivity contribution >= 4 is 23.2 Å². The van der Waals surface area contributed by atoms with Crippen molar-refractivity contribution < 1.29 is 14.7 Å². The number of imide groups is 1. The van der Waals surface area contributed by atoms with E-state index in [9.17, 15) is 14.7 Å². The number of amides is 2. The third kappa shape index (κ3) is 3.42. The monoisotopic (exact) mass is 338 g/mol. The second-order valence-corrected chi connectivity index (χ2v) is 6.34. The van der Waals surface area contributed by atoms with Crippen molar-refractivity contribution in [1.82, 2.24) is 0 Å². The van der Waals surface area contributed by atoms with Crippen LogP contribution in [0.4, 0.5) is 11.4 Å². The fourth-order valence-electron chi connectivity index (χ4n) is 3.14. The van der Waals surface area contributed by atoms with Crippen molar-refractivity contribution in [2.75, 3.05) is 10.2 Å². The van der Waals surface area contributed by atoms with E-state index < -0.39 is 0 Å². The van der Waals surface area contributed by atoms with Gasteiger partial charge in [-0.1, -0.05) is 30.3 Å². The molecule has 3 rings (SSSR count). The maximum Gasteiger partial charge on any atom is 0.234 e. The van der Waals surface area contributed by atoms with Gasteiger partial charge in [-0.15, -0.1) is 0 Å². The van der Waals surface area contributed by atoms with E-state index in [1.807, 2.05) is 50.2 Å². The van der Waals surface area contributed by atoms with Gasteiger partial charge in [0.1, 0.15) is 0 Å². The van der Waals surface area contributed by atoms with Crippen LogP contribution in [0.3, 0.4) is 0 Å². The summed E-state index contributed by atoms with van der Waals surface area (Å²) in [6, 6.07) is 13.4. The van der Waals surface area contributed by atoms with Crippen molar-refractivity contribution in [2.45, 2.75) is 39.3 Å². The molecule has 1 heterocycles. The Morgan fingerprint density at radius 1 is 1.12 bits per heavy atom. The second kappa shape index (κ2) is 7.07. The van der Waals surface area contributed by atoms with Crippen molar-refractivity contribution in [3.8, 4) is 0 Å². The van der Waals surface area contributed by atoms with E-state index in [0.29, 0.717) is 5.69 Å². The lowest BCUT2D eigenvalue weighted by Gasteiger charge is -2.22. The van der Waals surface area contributed by atoms with Gasteiger partial charge in [0, 0.05) is 24.6 Å². The van der Waals surface area contributed by atoms with Gasteiger partial charge >= 0.3 is 0 Å². The fraction of sp³-hybridized carbons (Fsp3) is 0.300. The summed E-state index contributed by atoms with van der Waals surface area (Å²) in [4.78, 5) is 25.3. The zero-order chi connectivity index (χ0) is 18.0. The predicted molar refractivity (Wildman–Crippen MR) is 97.3 cm³/mol. The van der Waals surface area contributed by atoms with Gasteiger partial charge in [-0.2, -0.15) is 0 Å². The Hall–Kier alpha value is -2.66. The molecule has 130 valence electrons. The first kappa shape index (κ1) is 17.2. The molecule has 5 heteroatoms. The summed E-state index contributed by atoms with van der Waals surface area (Å²) in [5.41, 5.74) is 4.33. The molecule has 1 fully saturated rings. The smallest absolute Gasteiger partial charge is 0.234 e. The third-order valence-electron chi connectivity index (χ3n) is 4.60. The van der Waals surface area contributed by atoms with Gasteiger partial charge in [0.25, 0.3) is 0 Å². The van der Waals surface area contributed by atoms with Crippen LogP contribution in [-0.4, -0.2) is 16.9 Å². The highest BCUT2D eigenvalue weighted by Gasteiger charge is 2.31. The zero-order valence-electron chi connectivity index (χ0n) is 14.5. The minimum absolute atomic E-state index is 0.00819. The summed E-state index contributed by atoms with van der Waals surface area (Å²) >= 11 is 0. The predicted octanol–water partition coefficient (Wildman–Crippen LogP) is 3.31. The zero-order valence-corrected chi connectivity index (χ0v) is 14.5. The first-order chi connectivity index (χ1) is 12.0. The molecule has 1 aliphatic rings. The molecule has 2 N–H and O–H groups in total. The summed E-state index contributed by atoms with van der Waals surface area (Å²) in [7, 11) is 0. The van der Waals surface area contributed by atoms with Crippen LogP contribution in [0.2, 0.25) is 0 Å². The van der Waals surface area contributed by atoms with Gasteiger partial charge in [-0.25, -0.2) is 0 Å². The first-order valence-electron chi connectivity index (χ1n) is 8.43. The maximum absolute atomic E-state index is 12.0. The number of nitrogens with one attached hydrogen (secondary N) is 1. The number of hydrogen-bond acceptors (Lipinski definition) is 4. The van der Waals surface area contributed by atoms with Gasteiger partial charge in [0.05, 0.1) is 12.3 Å². The third-order valence-corrected chi connectivity index (χ3v) is 4.60. The minimum Gasteiger partial charge on any atom is -0.392 e. The van der Waals surface area contributed by atoms with Crippen LogP contribution in [-0.2, 0) is 16.2 Å². The molecular weight excluding hydrogens is 316 g/mol. The van der Waals surface area contributed by atoms with Gasteiger partial charge in [0.15, 0.2) is 0 Å². The maximum atomic E-state index is 12.0. The van der Waals surface area contributed by atoms with Gasteiger partial charge in [-0.05, 0) is 42.7 Å². The molecule has 2 aromatic carbocycles. The molecule has 0 radical (unpaired) electrons. The quantitative estimate of drug-likeness (QED) is 0.821. The van der Waals surface area contributed by atoms with Crippen molar-refractivity contribution in [3.63, 3.8) is 0 Å². The number of aliphatic hydroxyl groups is 1. The van der Waals surface area contributed by atoms with Crippen LogP contribution in [0.5, 0.6) is 0 Å². The second-order valence-electron chi connectivity index (χ2n) is 6.34. The lowest BCUT2D eigenvalue weighted by molar-refractivity contribution is -0.121. The number of aliphatic hydroxyl groups excluding tert-OH is 1. The topological polar surface area (TPSA) is 69.6 Å². The molecule has 2 amide bonds. The minimum atomic E-state index is -0.144. The average Bonchev–Trinajstić information content (AvgIpc) is 2.95. The summed E-state index contributed by atoms with van der Waals surface area (Å²) < 4.78 is 0. The van der Waals surface area contributed by atoms with E-state index in [2.05, 4.69) is 5.32 Å². The van der Waals surface area contributed by atoms with Crippen LogP contribution in [0.25, 0.3) is 0 Å². The Labute approximate surface area is 147 Å². The van der Waals surface area contributed by atoms with E-state index in [-0.39, 0.29) is 37.3 Å². The Kier molecular flexibility index (Phi) is 4.86. The summed E-state index contributed by atoms with van der Waals surface area (Å²) in [6.45, 7) is 3.95.